The molecule has 552 valence electrons. The molecule has 98 heavy (non-hydrogen) atoms. The SMILES string of the molecule is CC(C)C[C@@H]1NC(=O)[C@H](CCC(=O)O)NC(=O)CNC(=O)[C@H](CCCN=C(N)N)NC(=O)[C@H](CCCN=C(N)N)NC(=O)[C@H](CO)NC(=O)[C@H](CC(C)C)NC(=O)[C@H](CCC(=O)O)NC(=O)CNC(=O)[C@H](CCCN=C(N)N)NC(=O)[C@H](CCCN=C(N)N)NC(=O)[C@H](CO)NC1=O. The van der Waals surface area contributed by atoms with Gasteiger partial charge >= 0.3 is 11.9 Å². The van der Waals surface area contributed by atoms with Gasteiger partial charge in [-0.25, -0.2) is 0 Å². The molecule has 1 fully saturated rings. The van der Waals surface area contributed by atoms with Gasteiger partial charge in [0.05, 0.1) is 26.3 Å². The number of carboxylic acid groups (broad SMARTS) is 2. The number of amides is 12. The third-order valence-electron chi connectivity index (χ3n) is 14.1. The number of nitrogens with zero attached hydrogens (tertiary/aromatic N) is 4. The van der Waals surface area contributed by atoms with Gasteiger partial charge in [0, 0.05) is 39.0 Å². The summed E-state index contributed by atoms with van der Waals surface area (Å²) in [4.78, 5) is 207. The molecule has 0 aliphatic carbocycles. The van der Waals surface area contributed by atoms with Crippen molar-refractivity contribution in [3.05, 3.63) is 0 Å². The van der Waals surface area contributed by atoms with Gasteiger partial charge < -0.3 is 130 Å². The molecular formula is C56H100N24O18. The first-order valence-electron chi connectivity index (χ1n) is 31.5. The average Bonchev–Trinajstić information content (AvgIpc) is 0.907. The molecule has 0 unspecified atom stereocenters. The van der Waals surface area contributed by atoms with Crippen molar-refractivity contribution >= 4 is 107 Å². The van der Waals surface area contributed by atoms with E-state index in [4.69, 9.17) is 45.9 Å². The maximum atomic E-state index is 14.3. The number of carboxylic acids is 2. The predicted octanol–water partition coefficient (Wildman–Crippen LogP) is -10.9. The Kier molecular flexibility index (Phi) is 40.1. The maximum Gasteiger partial charge on any atom is 0.303 e. The van der Waals surface area contributed by atoms with Crippen molar-refractivity contribution in [3.63, 3.8) is 0 Å². The second-order valence-corrected chi connectivity index (χ2v) is 23.4. The fourth-order valence-corrected chi connectivity index (χ4v) is 9.21. The first kappa shape index (κ1) is 85.6. The predicted molar refractivity (Wildman–Crippen MR) is 352 cm³/mol. The second-order valence-electron chi connectivity index (χ2n) is 23.4. The number of guanidine groups is 4. The number of hydrogen-bond acceptors (Lipinski definition) is 20. The topological polar surface area (TPSA) is 722 Å². The van der Waals surface area contributed by atoms with Gasteiger partial charge in [-0.05, 0) is 88.9 Å². The number of carbonyl (C=O) groups excluding carboxylic acids is 12. The summed E-state index contributed by atoms with van der Waals surface area (Å²) in [6.45, 7) is 2.05. The molecule has 1 aliphatic heterocycles. The smallest absolute Gasteiger partial charge is 0.303 e. The van der Waals surface area contributed by atoms with E-state index in [-0.39, 0.29) is 114 Å². The lowest BCUT2D eigenvalue weighted by atomic mass is 10.0. The zero-order chi connectivity index (χ0) is 74.2. The summed E-state index contributed by atoms with van der Waals surface area (Å²) >= 11 is 0. The molecule has 0 radical (unpaired) electrons. The van der Waals surface area contributed by atoms with E-state index >= 15 is 0 Å². The van der Waals surface area contributed by atoms with Crippen molar-refractivity contribution in [1.29, 1.82) is 0 Å². The summed E-state index contributed by atoms with van der Waals surface area (Å²) < 4.78 is 0. The number of carbonyl (C=O) groups is 14. The highest BCUT2D eigenvalue weighted by Gasteiger charge is 2.36. The van der Waals surface area contributed by atoms with Crippen LogP contribution in [0.4, 0.5) is 0 Å². The zero-order valence-corrected chi connectivity index (χ0v) is 55.4. The maximum absolute atomic E-state index is 14.3. The van der Waals surface area contributed by atoms with E-state index in [1.54, 1.807) is 27.7 Å². The van der Waals surface area contributed by atoms with Crippen LogP contribution in [0.3, 0.4) is 0 Å². The Hall–Kier alpha value is -10.4. The van der Waals surface area contributed by atoms with E-state index in [2.05, 4.69) is 83.8 Å². The van der Waals surface area contributed by atoms with Gasteiger partial charge in [0.25, 0.3) is 0 Å². The van der Waals surface area contributed by atoms with Crippen LogP contribution in [-0.4, -0.2) is 240 Å². The third kappa shape index (κ3) is 36.5. The number of aliphatic hydroxyl groups is 2. The Morgan fingerprint density at radius 1 is 0.347 bits per heavy atom. The highest BCUT2D eigenvalue weighted by Crippen LogP contribution is 2.12. The minimum absolute atomic E-state index is 0.00185. The van der Waals surface area contributed by atoms with Crippen LogP contribution in [0, 0.1) is 11.8 Å². The lowest BCUT2D eigenvalue weighted by Gasteiger charge is -2.27. The molecule has 1 saturated heterocycles. The van der Waals surface area contributed by atoms with Gasteiger partial charge in [-0.15, -0.1) is 0 Å². The Morgan fingerprint density at radius 3 is 0.796 bits per heavy atom. The number of aliphatic carboxylic acids is 2. The van der Waals surface area contributed by atoms with Crippen molar-refractivity contribution in [3.8, 4) is 0 Å². The first-order chi connectivity index (χ1) is 46.1. The molecule has 0 bridgehead atoms. The fourth-order valence-electron chi connectivity index (χ4n) is 9.21. The van der Waals surface area contributed by atoms with Crippen molar-refractivity contribution in [2.45, 2.75) is 178 Å². The van der Waals surface area contributed by atoms with E-state index in [1.165, 1.54) is 0 Å². The number of aliphatic imine (C=N–C) groups is 4. The van der Waals surface area contributed by atoms with Crippen molar-refractivity contribution in [2.24, 2.45) is 77.7 Å². The summed E-state index contributed by atoms with van der Waals surface area (Å²) in [5.41, 5.74) is 43.9. The van der Waals surface area contributed by atoms with Gasteiger partial charge in [0.1, 0.15) is 60.4 Å². The number of hydrogen-bond donors (Lipinski definition) is 24. The number of nitrogens with one attached hydrogen (secondary N) is 12. The van der Waals surface area contributed by atoms with Crippen LogP contribution in [0.15, 0.2) is 20.0 Å². The van der Waals surface area contributed by atoms with Gasteiger partial charge in [-0.2, -0.15) is 0 Å². The van der Waals surface area contributed by atoms with Crippen molar-refractivity contribution < 1.29 is 87.5 Å². The Balaban J connectivity index is 4.20. The van der Waals surface area contributed by atoms with Crippen LogP contribution < -0.4 is 110 Å². The van der Waals surface area contributed by atoms with Crippen LogP contribution in [0.5, 0.6) is 0 Å². The minimum atomic E-state index is -1.87. The van der Waals surface area contributed by atoms with Crippen molar-refractivity contribution in [2.75, 3.05) is 52.5 Å². The van der Waals surface area contributed by atoms with E-state index < -0.39 is 207 Å². The molecule has 0 aromatic rings. The zero-order valence-electron chi connectivity index (χ0n) is 55.4. The average molecular weight is 1400 g/mol. The standard InChI is InChI=1S/C56H100N24O18/c1-27(2)21-35-49(95)79-37(25-81)51(97)75-31(11-7-19-67-55(61)62)45(91)73-30(10-6-18-66-54(59)60)44(90)70-24-40(84)72-34(14-16-42(87)88)48(94)78-36(22-28(3)4)50(96)80-38(26-82)52(98)76-32(12-8-20-68-56(63)64)46(92)74-29(9-5-17-65-53(57)58)43(89)69-23-39(83)71-33(47(93)77-35)13-15-41(85)86/h27-38,81-82H,5-26H2,1-4H3,(H,69,89)(H,70,90)(H,71,83)(H,72,84)(H,73,91)(H,74,92)(H,75,97)(H,76,98)(H,77,93)(H,78,94)(H,79,95)(H,80,96)(H,85,86)(H,87,88)(H4,57,58,65)(H4,59,60,66)(H4,61,62,67)(H4,63,64,68)/t29-,30-,31-,32-,33-,34-,35-,36-,37-,38-/m0/s1. The first-order valence-corrected chi connectivity index (χ1v) is 31.5. The molecule has 12 amide bonds. The van der Waals surface area contributed by atoms with Gasteiger partial charge in [0.15, 0.2) is 23.8 Å². The second kappa shape index (κ2) is 45.9. The monoisotopic (exact) mass is 1400 g/mol. The van der Waals surface area contributed by atoms with E-state index in [0.29, 0.717) is 0 Å². The molecule has 0 spiro atoms. The molecule has 0 saturated carbocycles. The normalized spacial score (nSPS) is 23.0. The Morgan fingerprint density at radius 2 is 0.561 bits per heavy atom. The molecule has 42 nitrogen and oxygen atoms in total. The minimum Gasteiger partial charge on any atom is -0.481 e. The summed E-state index contributed by atoms with van der Waals surface area (Å²) in [5, 5.41) is 68.8. The van der Waals surface area contributed by atoms with Crippen LogP contribution in [0.25, 0.3) is 0 Å². The molecule has 0 aromatic heterocycles. The van der Waals surface area contributed by atoms with Gasteiger partial charge in [-0.3, -0.25) is 87.1 Å². The summed E-state index contributed by atoms with van der Waals surface area (Å²) in [5.74, 6) is -18.2. The molecule has 1 heterocycles. The number of nitrogens with two attached hydrogens (primary N) is 8. The summed E-state index contributed by atoms with van der Waals surface area (Å²) in [6, 6.07) is -16.7. The largest absolute Gasteiger partial charge is 0.481 e. The summed E-state index contributed by atoms with van der Waals surface area (Å²) in [6.07, 6.45) is -4.08. The van der Waals surface area contributed by atoms with Crippen LogP contribution in [-0.2, 0) is 67.1 Å². The van der Waals surface area contributed by atoms with Gasteiger partial charge in [0.2, 0.25) is 70.9 Å². The quantitative estimate of drug-likeness (QED) is 0.0196. The third-order valence-corrected chi connectivity index (χ3v) is 14.1. The Labute approximate surface area is 564 Å². The molecule has 0 aromatic carbocycles. The van der Waals surface area contributed by atoms with E-state index in [9.17, 15) is 87.5 Å². The highest BCUT2D eigenvalue weighted by atomic mass is 16.4. The fraction of sp³-hybridized carbons (Fsp3) is 0.679. The van der Waals surface area contributed by atoms with Crippen LogP contribution in [0.1, 0.15) is 118 Å². The molecule has 42 heteroatoms. The molecule has 32 N–H and O–H groups in total. The van der Waals surface area contributed by atoms with Crippen LogP contribution in [0.2, 0.25) is 0 Å². The number of aliphatic hydroxyl groups excluding tert-OH is 2. The van der Waals surface area contributed by atoms with E-state index in [1.807, 2.05) is 0 Å². The van der Waals surface area contributed by atoms with Crippen molar-refractivity contribution in [1.82, 2.24) is 63.8 Å². The van der Waals surface area contributed by atoms with Crippen LogP contribution >= 0.6 is 0 Å². The molecule has 1 aliphatic rings. The lowest BCUT2D eigenvalue weighted by molar-refractivity contribution is -0.139. The highest BCUT2D eigenvalue weighted by molar-refractivity contribution is 6.00. The van der Waals surface area contributed by atoms with Gasteiger partial charge in [-0.1, -0.05) is 27.7 Å². The Bertz CT molecular complexity index is 2660. The summed E-state index contributed by atoms with van der Waals surface area (Å²) in [7, 11) is 0. The van der Waals surface area contributed by atoms with E-state index in [0.717, 1.165) is 0 Å². The molecule has 10 atom stereocenters. The molecule has 1 rings (SSSR count). The molecular weight excluding hydrogens is 1300 g/mol. The lowest BCUT2D eigenvalue weighted by Crippen LogP contribution is -2.61. The number of rotatable bonds is 28.